The Bertz CT molecular complexity index is 876. The topological polar surface area (TPSA) is 63.8 Å². The minimum absolute atomic E-state index is 0.207. The van der Waals surface area contributed by atoms with Crippen molar-refractivity contribution in [2.24, 2.45) is 0 Å². The minimum Gasteiger partial charge on any atom is -0.384 e. The molecule has 6 heteroatoms. The molecule has 1 aliphatic carbocycles. The average Bonchev–Trinajstić information content (AvgIpc) is 3.09. The van der Waals surface area contributed by atoms with Gasteiger partial charge in [-0.25, -0.2) is 9.97 Å². The molecule has 0 bridgehead atoms. The van der Waals surface area contributed by atoms with E-state index in [0.717, 1.165) is 35.3 Å². The molecule has 1 N–H and O–H groups in total. The first kappa shape index (κ1) is 13.7. The van der Waals surface area contributed by atoms with E-state index in [1.54, 1.807) is 6.20 Å². The molecular formula is C16H15ClN4O. The summed E-state index contributed by atoms with van der Waals surface area (Å²) in [6, 6.07) is 5.92. The van der Waals surface area contributed by atoms with Crippen molar-refractivity contribution in [2.45, 2.75) is 31.8 Å². The van der Waals surface area contributed by atoms with Crippen LogP contribution in [0.15, 0.2) is 30.6 Å². The molecule has 1 atom stereocenters. The number of fused-ring (bicyclic) bond motifs is 2. The van der Waals surface area contributed by atoms with E-state index in [9.17, 15) is 5.11 Å². The smallest absolute Gasteiger partial charge is 0.224 e. The minimum atomic E-state index is -0.819. The average molecular weight is 315 g/mol. The molecule has 112 valence electrons. The summed E-state index contributed by atoms with van der Waals surface area (Å²) < 4.78 is 1.87. The molecule has 4 rings (SSSR count). The second kappa shape index (κ2) is 4.76. The van der Waals surface area contributed by atoms with Gasteiger partial charge in [0.1, 0.15) is 11.4 Å². The fourth-order valence-corrected chi connectivity index (χ4v) is 3.23. The molecule has 0 spiro atoms. The number of aryl methyl sites for hydroxylation is 1. The van der Waals surface area contributed by atoms with Crippen molar-refractivity contribution in [3.05, 3.63) is 47.1 Å². The first-order valence-corrected chi connectivity index (χ1v) is 7.71. The van der Waals surface area contributed by atoms with E-state index in [2.05, 4.69) is 9.97 Å². The van der Waals surface area contributed by atoms with Gasteiger partial charge in [0.2, 0.25) is 5.28 Å². The van der Waals surface area contributed by atoms with Crippen LogP contribution >= 0.6 is 11.6 Å². The molecule has 3 aromatic rings. The molecule has 1 aliphatic rings. The van der Waals surface area contributed by atoms with Crippen LogP contribution in [0, 0.1) is 0 Å². The van der Waals surface area contributed by atoms with Gasteiger partial charge in [-0.1, -0.05) is 13.0 Å². The van der Waals surface area contributed by atoms with Crippen LogP contribution in [0.25, 0.3) is 16.9 Å². The van der Waals surface area contributed by atoms with Crippen LogP contribution < -0.4 is 0 Å². The fraction of sp³-hybridized carbons (Fsp3) is 0.312. The zero-order valence-electron chi connectivity index (χ0n) is 12.1. The first-order chi connectivity index (χ1) is 10.6. The highest BCUT2D eigenvalue weighted by atomic mass is 35.5. The zero-order chi connectivity index (χ0) is 15.3. The molecule has 5 nitrogen and oxygen atoms in total. The van der Waals surface area contributed by atoms with Gasteiger partial charge in [0, 0.05) is 17.8 Å². The number of nitrogens with zero attached hydrogens (tertiary/aromatic N) is 4. The highest BCUT2D eigenvalue weighted by Crippen LogP contribution is 2.38. The quantitative estimate of drug-likeness (QED) is 0.739. The number of rotatable bonds is 2. The Kier molecular flexibility index (Phi) is 2.96. The summed E-state index contributed by atoms with van der Waals surface area (Å²) in [6.07, 6.45) is 5.85. The maximum Gasteiger partial charge on any atom is 0.224 e. The van der Waals surface area contributed by atoms with Gasteiger partial charge in [-0.2, -0.15) is 4.98 Å². The molecule has 0 aliphatic heterocycles. The number of halogens is 1. The summed E-state index contributed by atoms with van der Waals surface area (Å²) in [4.78, 5) is 13.0. The van der Waals surface area contributed by atoms with Crippen molar-refractivity contribution < 1.29 is 5.11 Å². The van der Waals surface area contributed by atoms with Crippen LogP contribution in [-0.2, 0) is 12.0 Å². The zero-order valence-corrected chi connectivity index (χ0v) is 12.9. The Balaban J connectivity index is 1.90. The number of pyridine rings is 1. The van der Waals surface area contributed by atoms with Crippen LogP contribution in [0.5, 0.6) is 0 Å². The second-order valence-corrected chi connectivity index (χ2v) is 6.00. The molecule has 0 amide bonds. The van der Waals surface area contributed by atoms with E-state index >= 15 is 0 Å². The van der Waals surface area contributed by atoms with Gasteiger partial charge in [-0.05, 0) is 48.6 Å². The molecule has 0 radical (unpaired) electrons. The molecule has 0 fully saturated rings. The Morgan fingerprint density at radius 2 is 2.18 bits per heavy atom. The highest BCUT2D eigenvalue weighted by molar-refractivity contribution is 6.28. The van der Waals surface area contributed by atoms with E-state index in [1.807, 2.05) is 35.9 Å². The van der Waals surface area contributed by atoms with Crippen molar-refractivity contribution in [1.29, 1.82) is 0 Å². The van der Waals surface area contributed by atoms with Crippen molar-refractivity contribution in [3.63, 3.8) is 0 Å². The van der Waals surface area contributed by atoms with Crippen molar-refractivity contribution in [1.82, 2.24) is 19.5 Å². The lowest BCUT2D eigenvalue weighted by molar-refractivity contribution is 0.0306. The number of aromatic nitrogens is 4. The maximum atomic E-state index is 10.7. The van der Waals surface area contributed by atoms with Crippen LogP contribution in [0.2, 0.25) is 5.28 Å². The number of aliphatic hydroxyl groups is 1. The van der Waals surface area contributed by atoms with E-state index in [0.29, 0.717) is 12.1 Å². The molecule has 0 aromatic carbocycles. The predicted octanol–water partition coefficient (Wildman–Crippen LogP) is 3.01. The second-order valence-electron chi connectivity index (χ2n) is 5.67. The lowest BCUT2D eigenvalue weighted by atomic mass is 9.98. The predicted molar refractivity (Wildman–Crippen MR) is 84.2 cm³/mol. The van der Waals surface area contributed by atoms with Crippen LogP contribution in [0.3, 0.4) is 0 Å². The SMILES string of the molecule is CC[C@@]1(O)CCc2ccc(-n3ccc4cnc(Cl)nc43)nc21. The van der Waals surface area contributed by atoms with Gasteiger partial charge < -0.3 is 5.11 Å². The summed E-state index contributed by atoms with van der Waals surface area (Å²) in [5.74, 6) is 0.734. The van der Waals surface area contributed by atoms with Gasteiger partial charge in [0.25, 0.3) is 0 Å². The summed E-state index contributed by atoms with van der Waals surface area (Å²) in [7, 11) is 0. The van der Waals surface area contributed by atoms with Crippen LogP contribution in [0.4, 0.5) is 0 Å². The van der Waals surface area contributed by atoms with Crippen molar-refractivity contribution in [3.8, 4) is 5.82 Å². The van der Waals surface area contributed by atoms with Gasteiger partial charge in [0.15, 0.2) is 5.65 Å². The third-order valence-electron chi connectivity index (χ3n) is 4.44. The van der Waals surface area contributed by atoms with Crippen molar-refractivity contribution >= 4 is 22.6 Å². The van der Waals surface area contributed by atoms with Crippen LogP contribution in [-0.4, -0.2) is 24.6 Å². The Hall–Kier alpha value is -1.98. The maximum absolute atomic E-state index is 10.7. The molecule has 0 saturated carbocycles. The monoisotopic (exact) mass is 314 g/mol. The Labute approximate surface area is 132 Å². The van der Waals surface area contributed by atoms with E-state index in [-0.39, 0.29) is 5.28 Å². The van der Waals surface area contributed by atoms with Gasteiger partial charge >= 0.3 is 0 Å². The van der Waals surface area contributed by atoms with E-state index in [1.165, 1.54) is 0 Å². The lowest BCUT2D eigenvalue weighted by Gasteiger charge is -2.21. The standard InChI is InChI=1S/C16H15ClN4O/c1-2-16(22)7-5-10-3-4-12(19-13(10)16)21-8-6-11-9-18-15(17)20-14(11)21/h3-4,6,8-9,22H,2,5,7H2,1H3/t16-/m1/s1. The van der Waals surface area contributed by atoms with Crippen LogP contribution in [0.1, 0.15) is 31.0 Å². The normalized spacial score (nSPS) is 20.5. The summed E-state index contributed by atoms with van der Waals surface area (Å²) in [5, 5.41) is 11.8. The molecule has 0 saturated heterocycles. The Morgan fingerprint density at radius 3 is 3.00 bits per heavy atom. The Morgan fingerprint density at radius 1 is 1.32 bits per heavy atom. The largest absolute Gasteiger partial charge is 0.384 e. The molecular weight excluding hydrogens is 300 g/mol. The lowest BCUT2D eigenvalue weighted by Crippen LogP contribution is -2.22. The summed E-state index contributed by atoms with van der Waals surface area (Å²) in [6.45, 7) is 1.99. The highest BCUT2D eigenvalue weighted by Gasteiger charge is 2.36. The number of hydrogen-bond acceptors (Lipinski definition) is 4. The van der Waals surface area contributed by atoms with Gasteiger partial charge in [0.05, 0.1) is 5.69 Å². The third kappa shape index (κ3) is 1.93. The third-order valence-corrected chi connectivity index (χ3v) is 4.62. The van der Waals surface area contributed by atoms with Crippen molar-refractivity contribution in [2.75, 3.05) is 0 Å². The van der Waals surface area contributed by atoms with E-state index in [4.69, 9.17) is 16.6 Å². The van der Waals surface area contributed by atoms with E-state index < -0.39 is 5.60 Å². The molecule has 3 heterocycles. The first-order valence-electron chi connectivity index (χ1n) is 7.33. The summed E-state index contributed by atoms with van der Waals surface area (Å²) >= 11 is 5.90. The van der Waals surface area contributed by atoms with Gasteiger partial charge in [-0.3, -0.25) is 4.57 Å². The van der Waals surface area contributed by atoms with Gasteiger partial charge in [-0.15, -0.1) is 0 Å². The number of hydrogen-bond donors (Lipinski definition) is 1. The molecule has 0 unspecified atom stereocenters. The summed E-state index contributed by atoms with van der Waals surface area (Å²) in [5.41, 5.74) is 1.80. The molecule has 22 heavy (non-hydrogen) atoms. The fourth-order valence-electron chi connectivity index (χ4n) is 3.10. The molecule has 3 aromatic heterocycles.